The molecule has 3 rings (SSSR count). The van der Waals surface area contributed by atoms with Crippen molar-refractivity contribution in [2.75, 3.05) is 38.7 Å². The molecule has 1 N–H and O–H groups in total. The molecule has 1 unspecified atom stereocenters. The van der Waals surface area contributed by atoms with Crippen molar-refractivity contribution in [3.63, 3.8) is 0 Å². The van der Waals surface area contributed by atoms with E-state index in [1.807, 2.05) is 43.6 Å². The van der Waals surface area contributed by atoms with Crippen molar-refractivity contribution < 1.29 is 4.74 Å². The highest BCUT2D eigenvalue weighted by molar-refractivity contribution is 14.0. The summed E-state index contributed by atoms with van der Waals surface area (Å²) in [6.45, 7) is 6.03. The first-order chi connectivity index (χ1) is 13.5. The van der Waals surface area contributed by atoms with Crippen LogP contribution in [0.15, 0.2) is 47.6 Å². The van der Waals surface area contributed by atoms with Crippen LogP contribution in [0.2, 0.25) is 5.02 Å². The SMILES string of the molecule is CN=C(NCc1ccnc(N2CCOC(C)C2)c1)N(C)Cc1ccc(Cl)cc1.I. The Balaban J connectivity index is 0.00000300. The van der Waals surface area contributed by atoms with E-state index in [9.17, 15) is 0 Å². The fourth-order valence-electron chi connectivity index (χ4n) is 3.27. The van der Waals surface area contributed by atoms with E-state index in [1.54, 1.807) is 7.05 Å². The van der Waals surface area contributed by atoms with Crippen molar-refractivity contribution in [1.29, 1.82) is 0 Å². The topological polar surface area (TPSA) is 53.0 Å². The molecular formula is C21H29ClIN5O. The number of hydrogen-bond donors (Lipinski definition) is 1. The van der Waals surface area contributed by atoms with Gasteiger partial charge in [-0.1, -0.05) is 23.7 Å². The van der Waals surface area contributed by atoms with Crippen molar-refractivity contribution in [2.45, 2.75) is 26.1 Å². The number of aliphatic imine (C=N–C) groups is 1. The summed E-state index contributed by atoms with van der Waals surface area (Å²) in [5, 5.41) is 4.18. The van der Waals surface area contributed by atoms with Gasteiger partial charge < -0.3 is 19.9 Å². The van der Waals surface area contributed by atoms with Gasteiger partial charge in [0, 0.05) is 51.5 Å². The van der Waals surface area contributed by atoms with Crippen LogP contribution in [-0.4, -0.2) is 55.7 Å². The van der Waals surface area contributed by atoms with E-state index >= 15 is 0 Å². The van der Waals surface area contributed by atoms with Crippen LogP contribution in [0.3, 0.4) is 0 Å². The summed E-state index contributed by atoms with van der Waals surface area (Å²) >= 11 is 5.97. The van der Waals surface area contributed by atoms with Crippen LogP contribution >= 0.6 is 35.6 Å². The maximum absolute atomic E-state index is 5.97. The first-order valence-corrected chi connectivity index (χ1v) is 9.90. The predicted octanol–water partition coefficient (Wildman–Crippen LogP) is 3.79. The Morgan fingerprint density at radius 2 is 2.07 bits per heavy atom. The van der Waals surface area contributed by atoms with Crippen molar-refractivity contribution in [1.82, 2.24) is 15.2 Å². The number of anilines is 1. The van der Waals surface area contributed by atoms with Gasteiger partial charge >= 0.3 is 0 Å². The Morgan fingerprint density at radius 3 is 2.76 bits per heavy atom. The molecule has 2 aromatic rings. The van der Waals surface area contributed by atoms with Gasteiger partial charge in [0.05, 0.1) is 12.7 Å². The minimum absolute atomic E-state index is 0. The second kappa shape index (κ2) is 11.6. The van der Waals surface area contributed by atoms with Crippen LogP contribution in [-0.2, 0) is 17.8 Å². The number of nitrogens with one attached hydrogen (secondary N) is 1. The number of aromatic nitrogens is 1. The van der Waals surface area contributed by atoms with E-state index < -0.39 is 0 Å². The van der Waals surface area contributed by atoms with E-state index in [1.165, 1.54) is 11.1 Å². The average Bonchev–Trinajstić information content (AvgIpc) is 2.70. The van der Waals surface area contributed by atoms with E-state index in [0.29, 0.717) is 6.54 Å². The minimum atomic E-state index is 0. The molecule has 29 heavy (non-hydrogen) atoms. The molecule has 0 bridgehead atoms. The molecule has 0 radical (unpaired) electrons. The van der Waals surface area contributed by atoms with Gasteiger partial charge in [-0.2, -0.15) is 0 Å². The Kier molecular flexibility index (Phi) is 9.45. The summed E-state index contributed by atoms with van der Waals surface area (Å²) in [7, 11) is 3.82. The van der Waals surface area contributed by atoms with Gasteiger partial charge in [-0.3, -0.25) is 4.99 Å². The number of ether oxygens (including phenoxy) is 1. The lowest BCUT2D eigenvalue weighted by Gasteiger charge is -2.32. The van der Waals surface area contributed by atoms with Crippen molar-refractivity contribution >= 4 is 47.4 Å². The van der Waals surface area contributed by atoms with Crippen LogP contribution in [0.4, 0.5) is 5.82 Å². The standard InChI is InChI=1S/C21H28ClN5O.HI/c1-16-14-27(10-11-28-16)20-12-18(8-9-24-20)13-25-21(23-2)26(3)15-17-4-6-19(22)7-5-17;/h4-9,12,16H,10-11,13-15H2,1-3H3,(H,23,25);1H. The van der Waals surface area contributed by atoms with Gasteiger partial charge in [0.2, 0.25) is 0 Å². The Morgan fingerprint density at radius 1 is 1.31 bits per heavy atom. The number of nitrogens with zero attached hydrogens (tertiary/aromatic N) is 4. The minimum Gasteiger partial charge on any atom is -0.375 e. The molecule has 6 nitrogen and oxygen atoms in total. The second-order valence-electron chi connectivity index (χ2n) is 7.03. The number of hydrogen-bond acceptors (Lipinski definition) is 4. The number of rotatable bonds is 5. The van der Waals surface area contributed by atoms with E-state index in [4.69, 9.17) is 16.3 Å². The summed E-state index contributed by atoms with van der Waals surface area (Å²) in [5.74, 6) is 1.84. The largest absolute Gasteiger partial charge is 0.375 e. The van der Waals surface area contributed by atoms with E-state index in [-0.39, 0.29) is 30.1 Å². The highest BCUT2D eigenvalue weighted by Crippen LogP contribution is 2.16. The molecular weight excluding hydrogens is 501 g/mol. The predicted molar refractivity (Wildman–Crippen MR) is 130 cm³/mol. The van der Waals surface area contributed by atoms with Crippen molar-refractivity contribution in [2.24, 2.45) is 4.99 Å². The van der Waals surface area contributed by atoms with E-state index in [2.05, 4.69) is 38.1 Å². The fourth-order valence-corrected chi connectivity index (χ4v) is 3.40. The first-order valence-electron chi connectivity index (χ1n) is 9.53. The van der Waals surface area contributed by atoms with Crippen LogP contribution in [0.1, 0.15) is 18.1 Å². The lowest BCUT2D eigenvalue weighted by atomic mass is 10.2. The summed E-state index contributed by atoms with van der Waals surface area (Å²) in [5.41, 5.74) is 2.35. The molecule has 158 valence electrons. The lowest BCUT2D eigenvalue weighted by Crippen LogP contribution is -2.41. The third-order valence-corrected chi connectivity index (χ3v) is 4.98. The van der Waals surface area contributed by atoms with Crippen LogP contribution in [0.5, 0.6) is 0 Å². The zero-order valence-corrected chi connectivity index (χ0v) is 20.2. The zero-order valence-electron chi connectivity index (χ0n) is 17.1. The highest BCUT2D eigenvalue weighted by Gasteiger charge is 2.18. The molecule has 1 aliphatic heterocycles. The molecule has 0 saturated carbocycles. The van der Waals surface area contributed by atoms with E-state index in [0.717, 1.165) is 43.0 Å². The number of morpholine rings is 1. The molecule has 8 heteroatoms. The van der Waals surface area contributed by atoms with Gasteiger partial charge in [-0.05, 0) is 42.3 Å². The van der Waals surface area contributed by atoms with Crippen LogP contribution < -0.4 is 10.2 Å². The van der Waals surface area contributed by atoms with Crippen molar-refractivity contribution in [3.8, 4) is 0 Å². The quantitative estimate of drug-likeness (QED) is 0.363. The Bertz CT molecular complexity index is 802. The van der Waals surface area contributed by atoms with Crippen LogP contribution in [0, 0.1) is 0 Å². The second-order valence-corrected chi connectivity index (χ2v) is 7.47. The monoisotopic (exact) mass is 529 g/mol. The van der Waals surface area contributed by atoms with Gasteiger partial charge in [-0.25, -0.2) is 4.98 Å². The fraction of sp³-hybridized carbons (Fsp3) is 0.429. The van der Waals surface area contributed by atoms with Gasteiger partial charge in [0.25, 0.3) is 0 Å². The summed E-state index contributed by atoms with van der Waals surface area (Å²) in [6, 6.07) is 12.1. The average molecular weight is 530 g/mol. The molecule has 2 heterocycles. The molecule has 1 aliphatic rings. The van der Waals surface area contributed by atoms with Gasteiger partial charge in [0.15, 0.2) is 5.96 Å². The maximum atomic E-state index is 5.97. The summed E-state index contributed by atoms with van der Waals surface area (Å²) in [6.07, 6.45) is 2.10. The molecule has 1 aromatic heterocycles. The summed E-state index contributed by atoms with van der Waals surface area (Å²) < 4.78 is 5.62. The number of guanidine groups is 1. The third kappa shape index (κ3) is 7.01. The molecule has 1 atom stereocenters. The zero-order chi connectivity index (χ0) is 19.9. The van der Waals surface area contributed by atoms with Gasteiger partial charge in [0.1, 0.15) is 5.82 Å². The maximum Gasteiger partial charge on any atom is 0.193 e. The normalized spacial score (nSPS) is 16.9. The van der Waals surface area contributed by atoms with Gasteiger partial charge in [-0.15, -0.1) is 24.0 Å². The first kappa shape index (κ1) is 23.7. The molecule has 0 amide bonds. The molecule has 1 saturated heterocycles. The number of benzene rings is 1. The third-order valence-electron chi connectivity index (χ3n) is 4.73. The smallest absolute Gasteiger partial charge is 0.193 e. The van der Waals surface area contributed by atoms with Crippen molar-refractivity contribution in [3.05, 3.63) is 58.7 Å². The molecule has 0 spiro atoms. The molecule has 1 aromatic carbocycles. The Labute approximate surface area is 195 Å². The molecule has 1 fully saturated rings. The Hall–Kier alpha value is -1.58. The lowest BCUT2D eigenvalue weighted by molar-refractivity contribution is 0.0529. The van der Waals surface area contributed by atoms with Crippen LogP contribution in [0.25, 0.3) is 0 Å². The summed E-state index contributed by atoms with van der Waals surface area (Å²) in [4.78, 5) is 13.3. The number of pyridine rings is 1. The highest BCUT2D eigenvalue weighted by atomic mass is 127. The molecule has 0 aliphatic carbocycles. The number of halogens is 2.